The Bertz CT molecular complexity index is 668. The van der Waals surface area contributed by atoms with Crippen LogP contribution in [0.1, 0.15) is 101 Å². The molecule has 0 saturated carbocycles. The Hall–Kier alpha value is -1.07. The minimum Gasteiger partial charge on any atom is -0.494 e. The Morgan fingerprint density at radius 3 is 2.14 bits per heavy atom. The monoisotopic (exact) mass is 426 g/mol. The molecule has 1 N–H and O–H groups in total. The van der Waals surface area contributed by atoms with Gasteiger partial charge in [0.25, 0.3) is 10.1 Å². The van der Waals surface area contributed by atoms with Crippen molar-refractivity contribution in [2.45, 2.75) is 104 Å². The minimum atomic E-state index is -3.82. The molecule has 5 heteroatoms. The van der Waals surface area contributed by atoms with Gasteiger partial charge in [0.1, 0.15) is 5.75 Å². The number of hydrogen-bond acceptors (Lipinski definition) is 3. The molecule has 0 atom stereocenters. The third-order valence-electron chi connectivity index (χ3n) is 5.52. The van der Waals surface area contributed by atoms with Crippen molar-refractivity contribution < 1.29 is 17.7 Å². The van der Waals surface area contributed by atoms with Crippen molar-refractivity contribution in [3.8, 4) is 5.75 Å². The molecule has 0 saturated heterocycles. The smallest absolute Gasteiger partial charge is 0.264 e. The van der Waals surface area contributed by atoms with Crippen LogP contribution in [0.4, 0.5) is 0 Å². The molecule has 0 heterocycles. The molecule has 29 heavy (non-hydrogen) atoms. The maximum Gasteiger partial charge on any atom is 0.264 e. The van der Waals surface area contributed by atoms with E-state index in [1.807, 2.05) is 0 Å². The second kappa shape index (κ2) is 14.8. The Balaban J connectivity index is 2.36. The third kappa shape index (κ3) is 12.3. The van der Waals surface area contributed by atoms with Gasteiger partial charge in [-0.25, -0.2) is 0 Å². The summed E-state index contributed by atoms with van der Waals surface area (Å²) in [6, 6.07) is 4.36. The van der Waals surface area contributed by atoms with Crippen LogP contribution in [0.15, 0.2) is 12.1 Å². The van der Waals surface area contributed by atoms with Gasteiger partial charge < -0.3 is 4.74 Å². The topological polar surface area (TPSA) is 63.6 Å². The first-order valence-corrected chi connectivity index (χ1v) is 13.2. The van der Waals surface area contributed by atoms with Gasteiger partial charge in [0, 0.05) is 0 Å². The summed E-state index contributed by atoms with van der Waals surface area (Å²) in [6.45, 7) is 7.31. The van der Waals surface area contributed by atoms with Crippen LogP contribution in [-0.2, 0) is 23.0 Å². The summed E-state index contributed by atoms with van der Waals surface area (Å²) in [6.07, 6.45) is 14.7. The summed E-state index contributed by atoms with van der Waals surface area (Å²) in [4.78, 5) is 0. The molecule has 0 aromatic heterocycles. The molecule has 0 fully saturated rings. The highest BCUT2D eigenvalue weighted by molar-refractivity contribution is 7.85. The van der Waals surface area contributed by atoms with Crippen LogP contribution in [0.3, 0.4) is 0 Å². The van der Waals surface area contributed by atoms with Gasteiger partial charge in [0.15, 0.2) is 0 Å². The van der Waals surface area contributed by atoms with Crippen LogP contribution in [-0.4, -0.2) is 25.3 Å². The number of ether oxygens (including phenoxy) is 1. The average molecular weight is 427 g/mol. The normalized spacial score (nSPS) is 11.7. The zero-order chi connectivity index (χ0) is 21.5. The third-order valence-corrected chi connectivity index (χ3v) is 6.32. The van der Waals surface area contributed by atoms with Crippen molar-refractivity contribution >= 4 is 10.1 Å². The summed E-state index contributed by atoms with van der Waals surface area (Å²) < 4.78 is 36.1. The Labute approximate surface area is 179 Å². The molecule has 0 spiro atoms. The number of rotatable bonds is 17. The molecule has 1 aromatic carbocycles. The van der Waals surface area contributed by atoms with Crippen LogP contribution in [0, 0.1) is 6.92 Å². The van der Waals surface area contributed by atoms with Crippen LogP contribution in [0.25, 0.3) is 0 Å². The van der Waals surface area contributed by atoms with Crippen molar-refractivity contribution in [3.05, 3.63) is 28.8 Å². The number of benzene rings is 1. The van der Waals surface area contributed by atoms with E-state index in [1.165, 1.54) is 61.6 Å². The Morgan fingerprint density at radius 1 is 0.862 bits per heavy atom. The fraction of sp³-hybridized carbons (Fsp3) is 0.750. The maximum atomic E-state index is 10.7. The first-order valence-electron chi connectivity index (χ1n) is 11.6. The lowest BCUT2D eigenvalue weighted by atomic mass is 9.94. The van der Waals surface area contributed by atoms with Crippen molar-refractivity contribution in [1.29, 1.82) is 0 Å². The lowest BCUT2D eigenvalue weighted by Gasteiger charge is -2.15. The first-order chi connectivity index (χ1) is 13.9. The van der Waals surface area contributed by atoms with Gasteiger partial charge in [-0.15, -0.1) is 0 Å². The lowest BCUT2D eigenvalue weighted by Crippen LogP contribution is -2.04. The molecule has 0 aliphatic carbocycles. The molecular formula is C24H42O4S. The predicted molar refractivity (Wildman–Crippen MR) is 123 cm³/mol. The molecule has 0 aliphatic heterocycles. The quantitative estimate of drug-likeness (QED) is 0.223. The highest BCUT2D eigenvalue weighted by Crippen LogP contribution is 2.25. The van der Waals surface area contributed by atoms with E-state index in [0.717, 1.165) is 37.9 Å². The maximum absolute atomic E-state index is 10.7. The van der Waals surface area contributed by atoms with Crippen molar-refractivity contribution in [2.75, 3.05) is 12.4 Å². The van der Waals surface area contributed by atoms with Crippen molar-refractivity contribution in [2.24, 2.45) is 0 Å². The van der Waals surface area contributed by atoms with Gasteiger partial charge in [0.2, 0.25) is 0 Å². The highest BCUT2D eigenvalue weighted by Gasteiger charge is 2.08. The van der Waals surface area contributed by atoms with Gasteiger partial charge >= 0.3 is 0 Å². The first kappa shape index (κ1) is 26.0. The van der Waals surface area contributed by atoms with Crippen molar-refractivity contribution in [3.63, 3.8) is 0 Å². The van der Waals surface area contributed by atoms with E-state index in [1.54, 1.807) is 0 Å². The number of unbranched alkanes of at least 4 members (excludes halogenated alkanes) is 9. The molecular weight excluding hydrogens is 384 g/mol. The fourth-order valence-corrected chi connectivity index (χ4v) is 4.37. The van der Waals surface area contributed by atoms with E-state index >= 15 is 0 Å². The predicted octanol–water partition coefficient (Wildman–Crippen LogP) is 6.68. The summed E-state index contributed by atoms with van der Waals surface area (Å²) in [5.41, 5.74) is 4.23. The van der Waals surface area contributed by atoms with E-state index in [-0.39, 0.29) is 5.75 Å². The summed E-state index contributed by atoms with van der Waals surface area (Å²) in [5, 5.41) is 0. The van der Waals surface area contributed by atoms with E-state index in [0.29, 0.717) is 13.0 Å². The van der Waals surface area contributed by atoms with Gasteiger partial charge in [-0.3, -0.25) is 4.55 Å². The summed E-state index contributed by atoms with van der Waals surface area (Å²) in [5.74, 6) is 0.799. The number of aryl methyl sites for hydroxylation is 2. The van der Waals surface area contributed by atoms with E-state index in [2.05, 4.69) is 32.9 Å². The second-order valence-electron chi connectivity index (χ2n) is 8.15. The molecule has 0 bridgehead atoms. The Kier molecular flexibility index (Phi) is 13.3. The second-order valence-corrected chi connectivity index (χ2v) is 9.72. The van der Waals surface area contributed by atoms with Crippen LogP contribution >= 0.6 is 0 Å². The van der Waals surface area contributed by atoms with Crippen molar-refractivity contribution in [1.82, 2.24) is 0 Å². The zero-order valence-corrected chi connectivity index (χ0v) is 19.7. The van der Waals surface area contributed by atoms with Crippen LogP contribution in [0.5, 0.6) is 5.75 Å². The summed E-state index contributed by atoms with van der Waals surface area (Å²) >= 11 is 0. The standard InChI is InChI=1S/C24H42O4S/c1-4-6-7-8-9-10-13-16-24-21(3)19-23(20-22(24)5-2)28-17-14-11-12-15-18-29(25,26)27/h19-20H,4-18H2,1-3H3,(H,25,26,27). The molecule has 0 unspecified atom stereocenters. The van der Waals surface area contributed by atoms with E-state index < -0.39 is 10.1 Å². The molecule has 1 rings (SSSR count). The molecule has 4 nitrogen and oxygen atoms in total. The average Bonchev–Trinajstić information content (AvgIpc) is 2.66. The van der Waals surface area contributed by atoms with Gasteiger partial charge in [-0.2, -0.15) is 8.42 Å². The zero-order valence-electron chi connectivity index (χ0n) is 18.8. The van der Waals surface area contributed by atoms with Crippen LogP contribution < -0.4 is 4.74 Å². The van der Waals surface area contributed by atoms with E-state index in [4.69, 9.17) is 9.29 Å². The molecule has 0 amide bonds. The van der Waals surface area contributed by atoms with E-state index in [9.17, 15) is 8.42 Å². The minimum absolute atomic E-state index is 0.146. The fourth-order valence-electron chi connectivity index (χ4n) is 3.80. The number of hydrogen-bond donors (Lipinski definition) is 1. The highest BCUT2D eigenvalue weighted by atomic mass is 32.2. The molecule has 168 valence electrons. The lowest BCUT2D eigenvalue weighted by molar-refractivity contribution is 0.304. The summed E-state index contributed by atoms with van der Waals surface area (Å²) in [7, 11) is -3.82. The SMILES string of the molecule is CCCCCCCCCc1c(C)cc(OCCCCCCS(=O)(=O)O)cc1CC. The van der Waals surface area contributed by atoms with Crippen LogP contribution in [0.2, 0.25) is 0 Å². The molecule has 1 aromatic rings. The van der Waals surface area contributed by atoms with Gasteiger partial charge in [-0.05, 0) is 67.9 Å². The molecule has 0 aliphatic rings. The van der Waals surface area contributed by atoms with Gasteiger partial charge in [-0.1, -0.05) is 65.2 Å². The molecule has 0 radical (unpaired) electrons. The van der Waals surface area contributed by atoms with Gasteiger partial charge in [0.05, 0.1) is 12.4 Å². The largest absolute Gasteiger partial charge is 0.494 e. The Morgan fingerprint density at radius 2 is 1.48 bits per heavy atom.